The molecule has 0 bridgehead atoms. The third-order valence-corrected chi connectivity index (χ3v) is 3.13. The first kappa shape index (κ1) is 14.8. The van der Waals surface area contributed by atoms with E-state index in [4.69, 9.17) is 9.47 Å². The molecule has 2 rings (SSSR count). The number of rotatable bonds is 4. The molecule has 1 aliphatic rings. The van der Waals surface area contributed by atoms with Crippen LogP contribution in [0.5, 0.6) is 0 Å². The lowest BCUT2D eigenvalue weighted by molar-refractivity contribution is -0.0197. The van der Waals surface area contributed by atoms with Crippen LogP contribution in [0, 0.1) is 5.92 Å². The van der Waals surface area contributed by atoms with Crippen LogP contribution >= 0.6 is 0 Å². The SMILES string of the molecule is CC(C)(C)OC[C@H]1C=C[C@H](OC(=O)c2ccccc2)C1. The number of hydrogen-bond donors (Lipinski definition) is 0. The summed E-state index contributed by atoms with van der Waals surface area (Å²) in [6.45, 7) is 6.79. The molecule has 108 valence electrons. The number of esters is 1. The van der Waals surface area contributed by atoms with Gasteiger partial charge in [0.05, 0.1) is 17.8 Å². The fourth-order valence-corrected chi connectivity index (χ4v) is 2.08. The van der Waals surface area contributed by atoms with Crippen molar-refractivity contribution < 1.29 is 14.3 Å². The van der Waals surface area contributed by atoms with Gasteiger partial charge < -0.3 is 9.47 Å². The molecule has 0 aliphatic heterocycles. The van der Waals surface area contributed by atoms with Crippen molar-refractivity contribution in [1.29, 1.82) is 0 Å². The van der Waals surface area contributed by atoms with Crippen molar-refractivity contribution >= 4 is 5.97 Å². The molecule has 3 heteroatoms. The molecule has 0 amide bonds. The topological polar surface area (TPSA) is 35.5 Å². The Morgan fingerprint density at radius 2 is 1.90 bits per heavy atom. The van der Waals surface area contributed by atoms with E-state index < -0.39 is 0 Å². The molecule has 0 saturated heterocycles. The molecule has 0 heterocycles. The van der Waals surface area contributed by atoms with E-state index in [0.29, 0.717) is 18.1 Å². The summed E-state index contributed by atoms with van der Waals surface area (Å²) in [5, 5.41) is 0. The monoisotopic (exact) mass is 274 g/mol. The summed E-state index contributed by atoms with van der Waals surface area (Å²) in [4.78, 5) is 11.9. The maximum Gasteiger partial charge on any atom is 0.338 e. The first-order chi connectivity index (χ1) is 9.44. The van der Waals surface area contributed by atoms with Gasteiger partial charge in [-0.1, -0.05) is 24.3 Å². The smallest absolute Gasteiger partial charge is 0.338 e. The van der Waals surface area contributed by atoms with Crippen LogP contribution in [-0.2, 0) is 9.47 Å². The van der Waals surface area contributed by atoms with Crippen molar-refractivity contribution in [2.45, 2.75) is 38.9 Å². The minimum atomic E-state index is -0.266. The highest BCUT2D eigenvalue weighted by atomic mass is 16.5. The first-order valence-corrected chi connectivity index (χ1v) is 7.02. The number of ether oxygens (including phenoxy) is 2. The minimum absolute atomic E-state index is 0.132. The summed E-state index contributed by atoms with van der Waals surface area (Å²) < 4.78 is 11.2. The van der Waals surface area contributed by atoms with Gasteiger partial charge in [0, 0.05) is 5.92 Å². The zero-order valence-corrected chi connectivity index (χ0v) is 12.3. The van der Waals surface area contributed by atoms with Crippen LogP contribution < -0.4 is 0 Å². The van der Waals surface area contributed by atoms with Crippen LogP contribution in [0.3, 0.4) is 0 Å². The Labute approximate surface area is 120 Å². The second kappa shape index (κ2) is 6.23. The zero-order chi connectivity index (χ0) is 14.6. The highest BCUT2D eigenvalue weighted by Crippen LogP contribution is 2.23. The van der Waals surface area contributed by atoms with E-state index in [9.17, 15) is 4.79 Å². The molecule has 0 saturated carbocycles. The zero-order valence-electron chi connectivity index (χ0n) is 12.3. The Morgan fingerprint density at radius 1 is 1.20 bits per heavy atom. The quantitative estimate of drug-likeness (QED) is 0.621. The van der Waals surface area contributed by atoms with Crippen LogP contribution in [0.4, 0.5) is 0 Å². The largest absolute Gasteiger partial charge is 0.455 e. The second-order valence-electron chi connectivity index (χ2n) is 6.11. The standard InChI is InChI=1S/C17H22O3/c1-17(2,3)19-12-13-9-10-15(11-13)20-16(18)14-7-5-4-6-8-14/h4-10,13,15H,11-12H2,1-3H3/t13-,15-/m0/s1. The molecule has 1 aliphatic carbocycles. The van der Waals surface area contributed by atoms with Crippen LogP contribution in [-0.4, -0.2) is 24.3 Å². The predicted octanol–water partition coefficient (Wildman–Crippen LogP) is 3.60. The third-order valence-electron chi connectivity index (χ3n) is 3.13. The maximum atomic E-state index is 11.9. The van der Waals surface area contributed by atoms with Gasteiger partial charge in [0.15, 0.2) is 0 Å². The summed E-state index contributed by atoms with van der Waals surface area (Å²) in [5.41, 5.74) is 0.461. The Bertz CT molecular complexity index is 471. The predicted molar refractivity (Wildman–Crippen MR) is 78.6 cm³/mol. The van der Waals surface area contributed by atoms with Gasteiger partial charge in [0.2, 0.25) is 0 Å². The molecule has 0 unspecified atom stereocenters. The Morgan fingerprint density at radius 3 is 2.55 bits per heavy atom. The lowest BCUT2D eigenvalue weighted by Crippen LogP contribution is -2.23. The average Bonchev–Trinajstić information content (AvgIpc) is 2.84. The van der Waals surface area contributed by atoms with Crippen LogP contribution in [0.1, 0.15) is 37.6 Å². The number of carbonyl (C=O) groups is 1. The van der Waals surface area contributed by atoms with Gasteiger partial charge in [-0.2, -0.15) is 0 Å². The van der Waals surface area contributed by atoms with E-state index in [1.54, 1.807) is 12.1 Å². The Kier molecular flexibility index (Phi) is 4.61. The average molecular weight is 274 g/mol. The maximum absolute atomic E-state index is 11.9. The van der Waals surface area contributed by atoms with Gasteiger partial charge in [0.1, 0.15) is 6.10 Å². The molecular weight excluding hydrogens is 252 g/mol. The first-order valence-electron chi connectivity index (χ1n) is 7.02. The van der Waals surface area contributed by atoms with E-state index in [1.807, 2.05) is 45.0 Å². The van der Waals surface area contributed by atoms with E-state index in [-0.39, 0.29) is 17.7 Å². The molecule has 0 spiro atoms. The van der Waals surface area contributed by atoms with Crippen LogP contribution in [0.2, 0.25) is 0 Å². The van der Waals surface area contributed by atoms with Crippen LogP contribution in [0.15, 0.2) is 42.5 Å². The fourth-order valence-electron chi connectivity index (χ4n) is 2.08. The van der Waals surface area contributed by atoms with Gasteiger partial charge >= 0.3 is 5.97 Å². The lowest BCUT2D eigenvalue weighted by atomic mass is 10.1. The normalized spacial score (nSPS) is 21.9. The Hall–Kier alpha value is -1.61. The van der Waals surface area contributed by atoms with Crippen molar-refractivity contribution in [2.75, 3.05) is 6.61 Å². The molecule has 1 aromatic rings. The molecule has 3 nitrogen and oxygen atoms in total. The lowest BCUT2D eigenvalue weighted by Gasteiger charge is -2.22. The molecule has 0 fully saturated rings. The second-order valence-corrected chi connectivity index (χ2v) is 6.11. The van der Waals surface area contributed by atoms with E-state index in [0.717, 1.165) is 6.42 Å². The number of benzene rings is 1. The summed E-state index contributed by atoms with van der Waals surface area (Å²) in [7, 11) is 0. The van der Waals surface area contributed by atoms with Crippen molar-refractivity contribution in [3.05, 3.63) is 48.0 Å². The highest BCUT2D eigenvalue weighted by molar-refractivity contribution is 5.89. The summed E-state index contributed by atoms with van der Waals surface area (Å²) in [6.07, 6.45) is 4.69. The van der Waals surface area contributed by atoms with Gasteiger partial charge in [-0.15, -0.1) is 0 Å². The Balaban J connectivity index is 1.80. The van der Waals surface area contributed by atoms with Crippen molar-refractivity contribution in [3.63, 3.8) is 0 Å². The summed E-state index contributed by atoms with van der Waals surface area (Å²) in [6, 6.07) is 9.08. The molecule has 0 radical (unpaired) electrons. The van der Waals surface area contributed by atoms with Crippen molar-refractivity contribution in [2.24, 2.45) is 5.92 Å². The molecule has 0 N–H and O–H groups in total. The molecule has 1 aromatic carbocycles. The number of hydrogen-bond acceptors (Lipinski definition) is 3. The third kappa shape index (κ3) is 4.49. The molecular formula is C17H22O3. The number of carbonyl (C=O) groups excluding carboxylic acids is 1. The minimum Gasteiger partial charge on any atom is -0.455 e. The summed E-state index contributed by atoms with van der Waals surface area (Å²) >= 11 is 0. The van der Waals surface area contributed by atoms with E-state index in [2.05, 4.69) is 6.08 Å². The van der Waals surface area contributed by atoms with Gasteiger partial charge in [0.25, 0.3) is 0 Å². The van der Waals surface area contributed by atoms with Gasteiger partial charge in [-0.05, 0) is 45.4 Å². The van der Waals surface area contributed by atoms with Gasteiger partial charge in [-0.3, -0.25) is 0 Å². The van der Waals surface area contributed by atoms with Crippen molar-refractivity contribution in [3.8, 4) is 0 Å². The van der Waals surface area contributed by atoms with E-state index >= 15 is 0 Å². The fraction of sp³-hybridized carbons (Fsp3) is 0.471. The van der Waals surface area contributed by atoms with Crippen LogP contribution in [0.25, 0.3) is 0 Å². The van der Waals surface area contributed by atoms with Crippen molar-refractivity contribution in [1.82, 2.24) is 0 Å². The molecule has 0 aromatic heterocycles. The van der Waals surface area contributed by atoms with E-state index in [1.165, 1.54) is 0 Å². The molecule has 20 heavy (non-hydrogen) atoms. The highest BCUT2D eigenvalue weighted by Gasteiger charge is 2.24. The molecule has 2 atom stereocenters. The summed E-state index contributed by atoms with van der Waals surface area (Å²) in [5.74, 6) is 0.0560. The van der Waals surface area contributed by atoms with Gasteiger partial charge in [-0.25, -0.2) is 4.79 Å².